The highest BCUT2D eigenvalue weighted by atomic mass is 32.3. The fourth-order valence-corrected chi connectivity index (χ4v) is 3.24. The molecule has 0 aromatic carbocycles. The fourth-order valence-electron chi connectivity index (χ4n) is 2.73. The Labute approximate surface area is 148 Å². The van der Waals surface area contributed by atoms with Crippen LogP contribution in [0.2, 0.25) is 0 Å². The van der Waals surface area contributed by atoms with Gasteiger partial charge in [-0.15, -0.1) is 0 Å². The molecule has 7 N–H and O–H groups in total. The molecule has 2 heterocycles. The molecule has 14 heteroatoms. The predicted octanol–water partition coefficient (Wildman–Crippen LogP) is -4.54. The third-order valence-electron chi connectivity index (χ3n) is 4.15. The number of hydrogen-bond acceptors (Lipinski definition) is 12. The summed E-state index contributed by atoms with van der Waals surface area (Å²) >= 11 is 0. The molecular weight excluding hydrogens is 384 g/mol. The van der Waals surface area contributed by atoms with E-state index in [-0.39, 0.29) is 0 Å². The highest BCUT2D eigenvalue weighted by Gasteiger charge is 2.51. The summed E-state index contributed by atoms with van der Waals surface area (Å²) in [4.78, 5) is 0. The van der Waals surface area contributed by atoms with Gasteiger partial charge in [-0.2, -0.15) is 8.42 Å². The van der Waals surface area contributed by atoms with E-state index in [2.05, 4.69) is 4.18 Å². The zero-order chi connectivity index (χ0) is 19.8. The summed E-state index contributed by atoms with van der Waals surface area (Å²) in [6, 6.07) is 0. The number of rotatable bonds is 5. The molecule has 0 amide bonds. The van der Waals surface area contributed by atoms with Crippen molar-refractivity contribution >= 4 is 10.4 Å². The lowest BCUT2D eigenvalue weighted by Gasteiger charge is -2.45. The first kappa shape index (κ1) is 21.8. The number of aliphatic hydroxyl groups is 6. The first-order valence-corrected chi connectivity index (χ1v) is 8.96. The fraction of sp³-hybridized carbons (Fsp3) is 1.00. The van der Waals surface area contributed by atoms with Crippen LogP contribution < -0.4 is 0 Å². The van der Waals surface area contributed by atoms with E-state index in [1.54, 1.807) is 0 Å². The van der Waals surface area contributed by atoms with Crippen LogP contribution in [0.5, 0.6) is 0 Å². The van der Waals surface area contributed by atoms with Crippen molar-refractivity contribution in [2.45, 2.75) is 68.3 Å². The molecule has 0 bridgehead atoms. The van der Waals surface area contributed by atoms with Crippen molar-refractivity contribution < 1.29 is 62.0 Å². The summed E-state index contributed by atoms with van der Waals surface area (Å²) in [7, 11) is -5.11. The van der Waals surface area contributed by atoms with Crippen LogP contribution in [0.3, 0.4) is 0 Å². The van der Waals surface area contributed by atoms with Gasteiger partial charge in [0, 0.05) is 0 Å². The van der Waals surface area contributed by atoms with Crippen LogP contribution >= 0.6 is 0 Å². The first-order valence-electron chi connectivity index (χ1n) is 7.59. The molecular formula is C12H22O13S. The average Bonchev–Trinajstić information content (AvgIpc) is 2.55. The second kappa shape index (κ2) is 8.26. The first-order chi connectivity index (χ1) is 12.0. The Morgan fingerprint density at radius 3 is 2.08 bits per heavy atom. The van der Waals surface area contributed by atoms with E-state index in [4.69, 9.17) is 23.9 Å². The minimum atomic E-state index is -5.11. The summed E-state index contributed by atoms with van der Waals surface area (Å²) in [5, 5.41) is 58.5. The van der Waals surface area contributed by atoms with Crippen molar-refractivity contribution in [1.82, 2.24) is 0 Å². The average molecular weight is 406 g/mol. The van der Waals surface area contributed by atoms with Crippen LogP contribution in [-0.4, -0.2) is 112 Å². The Hall–Kier alpha value is -0.490. The SMILES string of the molecule is C[C@@H]1O[C@@H](O[C@H]2C(O)O[C@H](CO)[C@H](O)[C@@H]2OS(=O)(=O)O)[C@@H](O)[C@H](O)[C@@H]1O. The van der Waals surface area contributed by atoms with Crippen molar-refractivity contribution in [3.05, 3.63) is 0 Å². The largest absolute Gasteiger partial charge is 0.397 e. The summed E-state index contributed by atoms with van der Waals surface area (Å²) < 4.78 is 50.5. The quantitative estimate of drug-likeness (QED) is 0.215. The Morgan fingerprint density at radius 1 is 0.923 bits per heavy atom. The predicted molar refractivity (Wildman–Crippen MR) is 77.6 cm³/mol. The molecule has 2 saturated heterocycles. The van der Waals surface area contributed by atoms with Crippen LogP contribution in [0.15, 0.2) is 0 Å². The van der Waals surface area contributed by atoms with E-state index >= 15 is 0 Å². The molecule has 13 nitrogen and oxygen atoms in total. The third-order valence-corrected chi connectivity index (χ3v) is 4.61. The highest BCUT2D eigenvalue weighted by Crippen LogP contribution is 2.30. The van der Waals surface area contributed by atoms with Gasteiger partial charge in [-0.1, -0.05) is 0 Å². The van der Waals surface area contributed by atoms with Crippen LogP contribution in [0.25, 0.3) is 0 Å². The Morgan fingerprint density at radius 2 is 1.54 bits per heavy atom. The van der Waals surface area contributed by atoms with E-state index in [0.717, 1.165) is 0 Å². The summed E-state index contributed by atoms with van der Waals surface area (Å²) in [6.07, 6.45) is -16.6. The van der Waals surface area contributed by atoms with Gasteiger partial charge in [-0.25, -0.2) is 4.18 Å². The summed E-state index contributed by atoms with van der Waals surface area (Å²) in [5.41, 5.74) is 0. The van der Waals surface area contributed by atoms with Crippen molar-refractivity contribution in [2.75, 3.05) is 6.61 Å². The molecule has 0 aromatic rings. The Kier molecular flexibility index (Phi) is 6.92. The van der Waals surface area contributed by atoms with Gasteiger partial charge >= 0.3 is 10.4 Å². The van der Waals surface area contributed by atoms with Gasteiger partial charge < -0.3 is 44.8 Å². The standard InChI is InChI=1S/C12H22O13S/c1-3-5(14)7(16)8(17)12(22-3)24-10-9(25-26(19,20)21)6(15)4(2-13)23-11(10)18/h3-18H,2H2,1H3,(H,19,20,21)/t3-,4+,5+,6-,7+,8-,9-,10+,11?,12-/m0/s1. The smallest absolute Gasteiger partial charge is 0.394 e. The maximum absolute atomic E-state index is 11.0. The lowest BCUT2D eigenvalue weighted by atomic mass is 9.97. The number of aliphatic hydroxyl groups excluding tert-OH is 6. The normalized spacial score (nSPS) is 47.7. The lowest BCUT2D eigenvalue weighted by Crippen LogP contribution is -2.64. The molecule has 2 aliphatic rings. The van der Waals surface area contributed by atoms with Crippen LogP contribution in [0.4, 0.5) is 0 Å². The van der Waals surface area contributed by atoms with Gasteiger partial charge in [0.1, 0.15) is 42.7 Å². The molecule has 1 unspecified atom stereocenters. The minimum absolute atomic E-state index is 0.819. The molecule has 2 aliphatic heterocycles. The molecule has 2 fully saturated rings. The Bertz CT molecular complexity index is 569. The number of ether oxygens (including phenoxy) is 3. The van der Waals surface area contributed by atoms with Gasteiger partial charge in [0.05, 0.1) is 12.7 Å². The van der Waals surface area contributed by atoms with E-state index in [0.29, 0.717) is 0 Å². The van der Waals surface area contributed by atoms with Crippen molar-refractivity contribution in [3.63, 3.8) is 0 Å². The monoisotopic (exact) mass is 406 g/mol. The van der Waals surface area contributed by atoms with Crippen LogP contribution in [0.1, 0.15) is 6.92 Å². The molecule has 0 aliphatic carbocycles. The molecule has 2 rings (SSSR count). The van der Waals surface area contributed by atoms with Crippen molar-refractivity contribution in [1.29, 1.82) is 0 Å². The van der Waals surface area contributed by atoms with Gasteiger partial charge in [0.15, 0.2) is 12.6 Å². The van der Waals surface area contributed by atoms with E-state index in [1.165, 1.54) is 6.92 Å². The lowest BCUT2D eigenvalue weighted by molar-refractivity contribution is -0.356. The number of hydrogen-bond donors (Lipinski definition) is 7. The van der Waals surface area contributed by atoms with Gasteiger partial charge in [-0.3, -0.25) is 4.55 Å². The van der Waals surface area contributed by atoms with Crippen LogP contribution in [-0.2, 0) is 28.8 Å². The Balaban J connectivity index is 2.23. The minimum Gasteiger partial charge on any atom is -0.394 e. The van der Waals surface area contributed by atoms with Gasteiger partial charge in [0.2, 0.25) is 0 Å². The summed E-state index contributed by atoms with van der Waals surface area (Å²) in [6.45, 7) is 0.535. The molecule has 0 spiro atoms. The topological polar surface area (TPSA) is 213 Å². The molecule has 154 valence electrons. The highest BCUT2D eigenvalue weighted by molar-refractivity contribution is 7.80. The zero-order valence-corrected chi connectivity index (χ0v) is 14.3. The molecule has 26 heavy (non-hydrogen) atoms. The molecule has 0 aromatic heterocycles. The van der Waals surface area contributed by atoms with E-state index in [9.17, 15) is 34.0 Å². The second-order valence-electron chi connectivity index (χ2n) is 6.01. The zero-order valence-electron chi connectivity index (χ0n) is 13.5. The third kappa shape index (κ3) is 4.67. The van der Waals surface area contributed by atoms with E-state index in [1.807, 2.05) is 0 Å². The molecule has 10 atom stereocenters. The molecule has 0 radical (unpaired) electrons. The van der Waals surface area contributed by atoms with Crippen molar-refractivity contribution in [3.8, 4) is 0 Å². The maximum atomic E-state index is 11.0. The van der Waals surface area contributed by atoms with Crippen LogP contribution in [0, 0.1) is 0 Å². The molecule has 0 saturated carbocycles. The van der Waals surface area contributed by atoms with E-state index < -0.39 is 78.4 Å². The maximum Gasteiger partial charge on any atom is 0.397 e. The van der Waals surface area contributed by atoms with Crippen molar-refractivity contribution in [2.24, 2.45) is 0 Å². The second-order valence-corrected chi connectivity index (χ2v) is 7.06. The summed E-state index contributed by atoms with van der Waals surface area (Å²) in [5.74, 6) is 0. The van der Waals surface area contributed by atoms with Gasteiger partial charge in [0.25, 0.3) is 0 Å². The van der Waals surface area contributed by atoms with Gasteiger partial charge in [-0.05, 0) is 6.92 Å².